The van der Waals surface area contributed by atoms with Crippen LogP contribution in [0, 0.1) is 0 Å². The third-order valence-corrected chi connectivity index (χ3v) is 4.43. The fourth-order valence-corrected chi connectivity index (χ4v) is 2.87. The third-order valence-electron chi connectivity index (χ3n) is 4.43. The Labute approximate surface area is 149 Å². The SMILES string of the molecule is CCCCCCCCCCNC(=O)CCCCCCCCC(N)=O. The van der Waals surface area contributed by atoms with E-state index in [0.29, 0.717) is 12.8 Å². The molecular weight excluding hydrogens is 300 g/mol. The molecule has 0 aliphatic rings. The minimum Gasteiger partial charge on any atom is -0.370 e. The molecule has 0 fully saturated rings. The van der Waals surface area contributed by atoms with Crippen LogP contribution in [-0.2, 0) is 9.59 Å². The molecule has 0 aromatic rings. The molecule has 142 valence electrons. The number of hydrogen-bond donors (Lipinski definition) is 2. The number of rotatable bonds is 18. The minimum atomic E-state index is -0.205. The Bertz CT molecular complexity index is 306. The van der Waals surface area contributed by atoms with Crippen LogP contribution in [0.25, 0.3) is 0 Å². The van der Waals surface area contributed by atoms with Crippen LogP contribution in [-0.4, -0.2) is 18.4 Å². The van der Waals surface area contributed by atoms with Gasteiger partial charge in [-0.3, -0.25) is 9.59 Å². The molecular formula is C20H40N2O2. The standard InChI is InChI=1S/C20H40N2O2/c1-2-3-4-5-6-9-12-15-18-22-20(24)17-14-11-8-7-10-13-16-19(21)23/h2-18H2,1H3,(H2,21,23)(H,22,24). The van der Waals surface area contributed by atoms with Gasteiger partial charge in [-0.2, -0.15) is 0 Å². The Hall–Kier alpha value is -1.06. The minimum absolute atomic E-state index is 0.201. The van der Waals surface area contributed by atoms with Crippen molar-refractivity contribution in [1.29, 1.82) is 0 Å². The Morgan fingerprint density at radius 3 is 1.67 bits per heavy atom. The van der Waals surface area contributed by atoms with Gasteiger partial charge in [0.15, 0.2) is 0 Å². The van der Waals surface area contributed by atoms with Gasteiger partial charge in [0, 0.05) is 19.4 Å². The van der Waals surface area contributed by atoms with Crippen molar-refractivity contribution in [2.45, 2.75) is 110 Å². The fourth-order valence-electron chi connectivity index (χ4n) is 2.87. The van der Waals surface area contributed by atoms with E-state index in [9.17, 15) is 9.59 Å². The van der Waals surface area contributed by atoms with Gasteiger partial charge in [-0.1, -0.05) is 77.6 Å². The molecule has 2 amide bonds. The first kappa shape index (κ1) is 22.9. The maximum Gasteiger partial charge on any atom is 0.219 e. The Morgan fingerprint density at radius 2 is 1.12 bits per heavy atom. The van der Waals surface area contributed by atoms with Crippen LogP contribution in [0.3, 0.4) is 0 Å². The maximum absolute atomic E-state index is 11.7. The van der Waals surface area contributed by atoms with E-state index in [1.807, 2.05) is 0 Å². The summed E-state index contributed by atoms with van der Waals surface area (Å²) in [7, 11) is 0. The van der Waals surface area contributed by atoms with Crippen molar-refractivity contribution in [3.63, 3.8) is 0 Å². The lowest BCUT2D eigenvalue weighted by molar-refractivity contribution is -0.121. The van der Waals surface area contributed by atoms with Gasteiger partial charge in [-0.25, -0.2) is 0 Å². The van der Waals surface area contributed by atoms with Gasteiger partial charge < -0.3 is 11.1 Å². The predicted molar refractivity (Wildman–Crippen MR) is 102 cm³/mol. The molecule has 0 aliphatic carbocycles. The van der Waals surface area contributed by atoms with Crippen molar-refractivity contribution < 1.29 is 9.59 Å². The van der Waals surface area contributed by atoms with Crippen molar-refractivity contribution in [3.8, 4) is 0 Å². The number of carbonyl (C=O) groups is 2. The Morgan fingerprint density at radius 1 is 0.667 bits per heavy atom. The molecule has 0 heterocycles. The molecule has 0 aromatic heterocycles. The number of hydrogen-bond acceptors (Lipinski definition) is 2. The fraction of sp³-hybridized carbons (Fsp3) is 0.900. The molecule has 24 heavy (non-hydrogen) atoms. The normalized spacial score (nSPS) is 10.7. The molecule has 0 spiro atoms. The van der Waals surface area contributed by atoms with E-state index in [1.165, 1.54) is 44.9 Å². The lowest BCUT2D eigenvalue weighted by atomic mass is 10.1. The van der Waals surface area contributed by atoms with Gasteiger partial charge in [0.2, 0.25) is 11.8 Å². The molecule has 0 saturated heterocycles. The van der Waals surface area contributed by atoms with Crippen LogP contribution >= 0.6 is 0 Å². The highest BCUT2D eigenvalue weighted by Crippen LogP contribution is 2.09. The van der Waals surface area contributed by atoms with Crippen LogP contribution in [0.15, 0.2) is 0 Å². The molecule has 0 aromatic carbocycles. The highest BCUT2D eigenvalue weighted by molar-refractivity contribution is 5.75. The van der Waals surface area contributed by atoms with Gasteiger partial charge in [0.25, 0.3) is 0 Å². The maximum atomic E-state index is 11.7. The summed E-state index contributed by atoms with van der Waals surface area (Å²) in [6.45, 7) is 3.08. The average Bonchev–Trinajstić information content (AvgIpc) is 2.55. The highest BCUT2D eigenvalue weighted by Gasteiger charge is 2.01. The molecule has 0 radical (unpaired) electrons. The van der Waals surface area contributed by atoms with E-state index < -0.39 is 0 Å². The second-order valence-electron chi connectivity index (χ2n) is 6.91. The first-order valence-corrected chi connectivity index (χ1v) is 10.2. The van der Waals surface area contributed by atoms with Gasteiger partial charge in [-0.15, -0.1) is 0 Å². The second-order valence-corrected chi connectivity index (χ2v) is 6.91. The molecule has 3 N–H and O–H groups in total. The van der Waals surface area contributed by atoms with E-state index in [1.54, 1.807) is 0 Å². The quantitative estimate of drug-likeness (QED) is 0.350. The summed E-state index contributed by atoms with van der Waals surface area (Å²) in [5, 5.41) is 3.03. The van der Waals surface area contributed by atoms with E-state index in [2.05, 4.69) is 12.2 Å². The van der Waals surface area contributed by atoms with Crippen molar-refractivity contribution in [2.75, 3.05) is 6.54 Å². The monoisotopic (exact) mass is 340 g/mol. The zero-order chi connectivity index (χ0) is 17.9. The van der Waals surface area contributed by atoms with Gasteiger partial charge in [-0.05, 0) is 19.3 Å². The average molecular weight is 341 g/mol. The van der Waals surface area contributed by atoms with Crippen LogP contribution in [0.2, 0.25) is 0 Å². The van der Waals surface area contributed by atoms with E-state index in [-0.39, 0.29) is 11.8 Å². The topological polar surface area (TPSA) is 72.2 Å². The largest absolute Gasteiger partial charge is 0.370 e. The van der Waals surface area contributed by atoms with E-state index in [4.69, 9.17) is 5.73 Å². The van der Waals surface area contributed by atoms with Crippen LogP contribution in [0.5, 0.6) is 0 Å². The highest BCUT2D eigenvalue weighted by atomic mass is 16.1. The van der Waals surface area contributed by atoms with Crippen LogP contribution < -0.4 is 11.1 Å². The molecule has 0 unspecified atom stereocenters. The summed E-state index contributed by atoms with van der Waals surface area (Å²) >= 11 is 0. The third kappa shape index (κ3) is 19.0. The van der Waals surface area contributed by atoms with Gasteiger partial charge >= 0.3 is 0 Å². The molecule has 4 heteroatoms. The van der Waals surface area contributed by atoms with Crippen molar-refractivity contribution in [3.05, 3.63) is 0 Å². The van der Waals surface area contributed by atoms with Crippen LogP contribution in [0.1, 0.15) is 110 Å². The molecule has 4 nitrogen and oxygen atoms in total. The smallest absolute Gasteiger partial charge is 0.219 e. The summed E-state index contributed by atoms with van der Waals surface area (Å²) in [5.74, 6) is -0.00478. The summed E-state index contributed by atoms with van der Waals surface area (Å²) < 4.78 is 0. The number of unbranched alkanes of at least 4 members (excludes halogenated alkanes) is 12. The lowest BCUT2D eigenvalue weighted by Gasteiger charge is -2.05. The van der Waals surface area contributed by atoms with Crippen molar-refractivity contribution in [2.24, 2.45) is 5.73 Å². The van der Waals surface area contributed by atoms with Crippen molar-refractivity contribution in [1.82, 2.24) is 5.32 Å². The Balaban J connectivity index is 3.17. The molecule has 0 aliphatic heterocycles. The summed E-state index contributed by atoms with van der Waals surface area (Å²) in [6, 6.07) is 0. The summed E-state index contributed by atoms with van der Waals surface area (Å²) in [6.07, 6.45) is 17.9. The van der Waals surface area contributed by atoms with Crippen LogP contribution in [0.4, 0.5) is 0 Å². The number of nitrogens with two attached hydrogens (primary N) is 1. The Kier molecular flexibility index (Phi) is 17.5. The first-order chi connectivity index (χ1) is 11.7. The van der Waals surface area contributed by atoms with Crippen molar-refractivity contribution >= 4 is 11.8 Å². The summed E-state index contributed by atoms with van der Waals surface area (Å²) in [5.41, 5.74) is 5.10. The summed E-state index contributed by atoms with van der Waals surface area (Å²) in [4.78, 5) is 22.3. The van der Waals surface area contributed by atoms with Gasteiger partial charge in [0.05, 0.1) is 0 Å². The predicted octanol–water partition coefficient (Wildman–Crippen LogP) is 4.85. The zero-order valence-electron chi connectivity index (χ0n) is 15.9. The molecule has 0 atom stereocenters. The molecule has 0 saturated carbocycles. The number of primary amides is 1. The molecule has 0 rings (SSSR count). The van der Waals surface area contributed by atoms with E-state index >= 15 is 0 Å². The zero-order valence-corrected chi connectivity index (χ0v) is 15.9. The first-order valence-electron chi connectivity index (χ1n) is 10.2. The number of amides is 2. The molecule has 0 bridgehead atoms. The lowest BCUT2D eigenvalue weighted by Crippen LogP contribution is -2.23. The number of nitrogens with one attached hydrogen (secondary N) is 1. The van der Waals surface area contributed by atoms with Gasteiger partial charge in [0.1, 0.15) is 0 Å². The number of carbonyl (C=O) groups excluding carboxylic acids is 2. The second kappa shape index (κ2) is 18.3. The van der Waals surface area contributed by atoms with E-state index in [0.717, 1.165) is 51.5 Å².